The van der Waals surface area contributed by atoms with Gasteiger partial charge in [0.2, 0.25) is 0 Å². The lowest BCUT2D eigenvalue weighted by Gasteiger charge is -2.23. The minimum absolute atomic E-state index is 0.263. The van der Waals surface area contributed by atoms with Gasteiger partial charge < -0.3 is 4.74 Å². The molecule has 0 N–H and O–H groups in total. The first-order chi connectivity index (χ1) is 11.3. The second-order valence-corrected chi connectivity index (χ2v) is 6.86. The fourth-order valence-electron chi connectivity index (χ4n) is 3.41. The molecule has 2 aliphatic rings. The summed E-state index contributed by atoms with van der Waals surface area (Å²) < 4.78 is 6.52. The van der Waals surface area contributed by atoms with Gasteiger partial charge in [0.25, 0.3) is 0 Å². The largest absolute Gasteiger partial charge is 0.367 e. The van der Waals surface area contributed by atoms with E-state index < -0.39 is 0 Å². The number of hydrogen-bond acceptors (Lipinski definition) is 1. The van der Waals surface area contributed by atoms with Crippen LogP contribution in [0.2, 0.25) is 0 Å². The predicted octanol–water partition coefficient (Wildman–Crippen LogP) is 6.67. The molecule has 2 unspecified atom stereocenters. The van der Waals surface area contributed by atoms with Gasteiger partial charge in [-0.3, -0.25) is 0 Å². The topological polar surface area (TPSA) is 9.23 Å². The first-order valence-corrected chi connectivity index (χ1v) is 9.71. The highest BCUT2D eigenvalue weighted by molar-refractivity contribution is 5.24. The summed E-state index contributed by atoms with van der Waals surface area (Å²) in [5.74, 6) is 0. The maximum absolute atomic E-state index is 6.52. The molecule has 2 atom stereocenters. The van der Waals surface area contributed by atoms with Crippen molar-refractivity contribution in [2.24, 2.45) is 0 Å². The van der Waals surface area contributed by atoms with Gasteiger partial charge in [-0.2, -0.15) is 0 Å². The molecular formula is C22H34O. The number of ether oxygens (including phenoxy) is 1. The van der Waals surface area contributed by atoms with Crippen molar-refractivity contribution in [2.75, 3.05) is 0 Å². The molecule has 0 saturated heterocycles. The molecule has 0 radical (unpaired) electrons. The molecule has 0 bridgehead atoms. The summed E-state index contributed by atoms with van der Waals surface area (Å²) in [6, 6.07) is 0. The van der Waals surface area contributed by atoms with Gasteiger partial charge in [-0.05, 0) is 62.5 Å². The van der Waals surface area contributed by atoms with Crippen LogP contribution in [-0.2, 0) is 4.74 Å². The summed E-state index contributed by atoms with van der Waals surface area (Å²) in [6.07, 6.45) is 26.5. The van der Waals surface area contributed by atoms with E-state index >= 15 is 0 Å². The molecule has 1 nitrogen and oxygen atoms in total. The van der Waals surface area contributed by atoms with Crippen LogP contribution in [0.4, 0.5) is 0 Å². The second kappa shape index (κ2) is 10.6. The zero-order valence-corrected chi connectivity index (χ0v) is 15.1. The third-order valence-corrected chi connectivity index (χ3v) is 4.63. The van der Waals surface area contributed by atoms with Gasteiger partial charge in [-0.15, -0.1) is 0 Å². The monoisotopic (exact) mass is 314 g/mol. The van der Waals surface area contributed by atoms with E-state index in [1.165, 1.54) is 62.5 Å². The second-order valence-electron chi connectivity index (χ2n) is 6.86. The van der Waals surface area contributed by atoms with Crippen molar-refractivity contribution in [3.63, 3.8) is 0 Å². The first-order valence-electron chi connectivity index (χ1n) is 9.71. The number of allylic oxidation sites excluding steroid dienone is 6. The molecule has 0 fully saturated rings. The molecule has 0 saturated carbocycles. The number of rotatable bonds is 8. The van der Waals surface area contributed by atoms with Crippen LogP contribution in [0.3, 0.4) is 0 Å². The summed E-state index contributed by atoms with van der Waals surface area (Å²) in [7, 11) is 0. The van der Waals surface area contributed by atoms with E-state index in [2.05, 4.69) is 50.3 Å². The van der Waals surface area contributed by atoms with Crippen LogP contribution in [0.1, 0.15) is 78.1 Å². The minimum Gasteiger partial charge on any atom is -0.367 e. The van der Waals surface area contributed by atoms with Crippen molar-refractivity contribution in [1.29, 1.82) is 0 Å². The van der Waals surface area contributed by atoms with Gasteiger partial charge >= 0.3 is 0 Å². The first kappa shape index (κ1) is 18.3. The van der Waals surface area contributed by atoms with Crippen molar-refractivity contribution in [1.82, 2.24) is 0 Å². The molecule has 0 aromatic rings. The Morgan fingerprint density at radius 2 is 1.35 bits per heavy atom. The average Bonchev–Trinajstić information content (AvgIpc) is 2.57. The van der Waals surface area contributed by atoms with Gasteiger partial charge in [-0.1, -0.05) is 63.1 Å². The van der Waals surface area contributed by atoms with Crippen molar-refractivity contribution < 1.29 is 4.74 Å². The van der Waals surface area contributed by atoms with Crippen LogP contribution in [0.25, 0.3) is 0 Å². The Kier molecular flexibility index (Phi) is 8.46. The van der Waals surface area contributed by atoms with Crippen LogP contribution >= 0.6 is 0 Å². The van der Waals surface area contributed by atoms with E-state index in [-0.39, 0.29) is 12.2 Å². The summed E-state index contributed by atoms with van der Waals surface area (Å²) in [4.78, 5) is 0. The molecule has 0 spiro atoms. The van der Waals surface area contributed by atoms with E-state index in [0.717, 1.165) is 12.8 Å². The highest BCUT2D eigenvalue weighted by Gasteiger charge is 2.14. The Balaban J connectivity index is 2.04. The lowest BCUT2D eigenvalue weighted by atomic mass is 9.98. The Labute approximate surface area is 143 Å². The minimum atomic E-state index is 0.263. The van der Waals surface area contributed by atoms with Crippen LogP contribution < -0.4 is 0 Å². The summed E-state index contributed by atoms with van der Waals surface area (Å²) in [5.41, 5.74) is 2.94. The van der Waals surface area contributed by atoms with Crippen LogP contribution in [0.15, 0.2) is 47.6 Å². The highest BCUT2D eigenvalue weighted by Crippen LogP contribution is 2.23. The lowest BCUT2D eigenvalue weighted by Crippen LogP contribution is -2.20. The summed E-state index contributed by atoms with van der Waals surface area (Å²) in [5, 5.41) is 0. The molecular weight excluding hydrogens is 280 g/mol. The van der Waals surface area contributed by atoms with Crippen LogP contribution in [-0.4, -0.2) is 12.2 Å². The fourth-order valence-corrected chi connectivity index (χ4v) is 3.41. The zero-order valence-electron chi connectivity index (χ0n) is 15.1. The third-order valence-electron chi connectivity index (χ3n) is 4.63. The molecule has 0 amide bonds. The molecule has 0 aromatic heterocycles. The molecule has 128 valence electrons. The summed E-state index contributed by atoms with van der Waals surface area (Å²) >= 11 is 0. The highest BCUT2D eigenvalue weighted by atomic mass is 16.5. The number of hydrogen-bond donors (Lipinski definition) is 0. The van der Waals surface area contributed by atoms with Crippen LogP contribution in [0, 0.1) is 0 Å². The van der Waals surface area contributed by atoms with Crippen molar-refractivity contribution >= 4 is 0 Å². The van der Waals surface area contributed by atoms with E-state index in [4.69, 9.17) is 4.74 Å². The molecule has 0 aromatic carbocycles. The summed E-state index contributed by atoms with van der Waals surface area (Å²) in [6.45, 7) is 4.51. The Hall–Kier alpha value is -1.08. The third kappa shape index (κ3) is 6.91. The Morgan fingerprint density at radius 3 is 1.70 bits per heavy atom. The van der Waals surface area contributed by atoms with Crippen molar-refractivity contribution in [2.45, 2.75) is 90.3 Å². The maximum Gasteiger partial charge on any atom is 0.0769 e. The quantitative estimate of drug-likeness (QED) is 0.486. The van der Waals surface area contributed by atoms with Gasteiger partial charge in [0.15, 0.2) is 0 Å². The smallest absolute Gasteiger partial charge is 0.0769 e. The van der Waals surface area contributed by atoms with E-state index in [1.54, 1.807) is 0 Å². The fraction of sp³-hybridized carbons (Fsp3) is 0.636. The van der Waals surface area contributed by atoms with Gasteiger partial charge in [-0.25, -0.2) is 0 Å². The van der Waals surface area contributed by atoms with E-state index in [0.29, 0.717) is 0 Å². The average molecular weight is 315 g/mol. The SMILES string of the molecule is CCCC(C=C1C=CCCC1)OC(C=C1C=CCCC1)CCC. The van der Waals surface area contributed by atoms with Gasteiger partial charge in [0, 0.05) is 0 Å². The maximum atomic E-state index is 6.52. The molecule has 2 rings (SSSR count). The Bertz CT molecular complexity index is 411. The van der Waals surface area contributed by atoms with Crippen LogP contribution in [0.5, 0.6) is 0 Å². The van der Waals surface area contributed by atoms with Gasteiger partial charge in [0.1, 0.15) is 0 Å². The zero-order chi connectivity index (χ0) is 16.3. The molecule has 0 heterocycles. The van der Waals surface area contributed by atoms with Gasteiger partial charge in [0.05, 0.1) is 12.2 Å². The van der Waals surface area contributed by atoms with Crippen molar-refractivity contribution in [3.05, 3.63) is 47.6 Å². The molecule has 0 aliphatic heterocycles. The normalized spacial score (nSPS) is 24.3. The Morgan fingerprint density at radius 1 is 0.870 bits per heavy atom. The molecule has 2 aliphatic carbocycles. The van der Waals surface area contributed by atoms with E-state index in [1.807, 2.05) is 0 Å². The predicted molar refractivity (Wildman–Crippen MR) is 101 cm³/mol. The molecule has 1 heteroatoms. The van der Waals surface area contributed by atoms with E-state index in [9.17, 15) is 0 Å². The van der Waals surface area contributed by atoms with Crippen molar-refractivity contribution in [3.8, 4) is 0 Å². The standard InChI is InChI=1S/C22H34O/c1-3-11-21(17-19-13-7-5-8-14-19)23-22(12-4-2)18-20-15-9-6-10-16-20/h7,9,13,15,17-18,21-22H,3-6,8,10-12,14,16H2,1-2H3. The molecule has 23 heavy (non-hydrogen) atoms. The lowest BCUT2D eigenvalue weighted by molar-refractivity contribution is 0.0307.